The van der Waals surface area contributed by atoms with Crippen molar-refractivity contribution in [2.24, 2.45) is 0 Å². The van der Waals surface area contributed by atoms with E-state index in [0.717, 1.165) is 10.0 Å². The molecule has 0 saturated heterocycles. The number of pyridine rings is 1. The first-order chi connectivity index (χ1) is 6.68. The van der Waals surface area contributed by atoms with E-state index in [2.05, 4.69) is 31.1 Å². The molecule has 0 spiro atoms. The second kappa shape index (κ2) is 3.38. The molecule has 72 valence electrons. The van der Waals surface area contributed by atoms with Gasteiger partial charge in [-0.25, -0.2) is 19.4 Å². The Bertz CT molecular complexity index is 516. The normalized spacial score (nSPS) is 10.4. The summed E-state index contributed by atoms with van der Waals surface area (Å²) in [4.78, 5) is 15.4. The Morgan fingerprint density at radius 1 is 1.57 bits per heavy atom. The minimum atomic E-state index is -0.289. The quantitative estimate of drug-likeness (QED) is 0.827. The van der Waals surface area contributed by atoms with Crippen LogP contribution in [0.5, 0.6) is 0 Å². The van der Waals surface area contributed by atoms with Crippen LogP contribution >= 0.6 is 15.9 Å². The fourth-order valence-corrected chi connectivity index (χ4v) is 1.63. The zero-order valence-electron chi connectivity index (χ0n) is 7.36. The predicted octanol–water partition coefficient (Wildman–Crippen LogP) is 1.03. The van der Waals surface area contributed by atoms with Crippen LogP contribution in [-0.4, -0.2) is 19.7 Å². The Balaban J connectivity index is 2.63. The summed E-state index contributed by atoms with van der Waals surface area (Å²) in [5.41, 5.74) is 0.616. The third-order valence-electron chi connectivity index (χ3n) is 1.80. The topological polar surface area (TPSA) is 63.6 Å². The maximum Gasteiger partial charge on any atom is 0.348 e. The molecule has 0 atom stereocenters. The second-order valence-corrected chi connectivity index (χ2v) is 3.74. The lowest BCUT2D eigenvalue weighted by atomic mass is 10.3. The van der Waals surface area contributed by atoms with Crippen molar-refractivity contribution in [3.05, 3.63) is 39.1 Å². The summed E-state index contributed by atoms with van der Waals surface area (Å²) in [7, 11) is 0. The first-order valence-corrected chi connectivity index (χ1v) is 4.72. The zero-order valence-corrected chi connectivity index (χ0v) is 8.95. The minimum Gasteiger partial charge on any atom is -0.246 e. The Morgan fingerprint density at radius 3 is 2.93 bits per heavy atom. The average molecular weight is 255 g/mol. The first-order valence-electron chi connectivity index (χ1n) is 3.93. The molecular formula is C8H7BrN4O. The number of hydrogen-bond acceptors (Lipinski definition) is 3. The summed E-state index contributed by atoms with van der Waals surface area (Å²) in [6.45, 7) is 1.88. The van der Waals surface area contributed by atoms with Crippen LogP contribution in [-0.2, 0) is 0 Å². The number of halogens is 1. The molecule has 5 nitrogen and oxygen atoms in total. The van der Waals surface area contributed by atoms with Crippen molar-refractivity contribution in [2.45, 2.75) is 6.92 Å². The number of aromatic nitrogens is 4. The van der Waals surface area contributed by atoms with Crippen LogP contribution in [0.3, 0.4) is 0 Å². The van der Waals surface area contributed by atoms with Crippen molar-refractivity contribution in [1.29, 1.82) is 0 Å². The molecule has 0 fully saturated rings. The molecule has 0 aliphatic rings. The predicted molar refractivity (Wildman–Crippen MR) is 54.4 cm³/mol. The van der Waals surface area contributed by atoms with Crippen molar-refractivity contribution in [3.8, 4) is 5.82 Å². The van der Waals surface area contributed by atoms with Gasteiger partial charge in [-0.2, -0.15) is 5.10 Å². The molecule has 0 saturated carbocycles. The SMILES string of the molecule is Cc1cc(Br)cnc1-n1cn[nH]c1=O. The van der Waals surface area contributed by atoms with E-state index in [4.69, 9.17) is 0 Å². The summed E-state index contributed by atoms with van der Waals surface area (Å²) >= 11 is 3.30. The van der Waals surface area contributed by atoms with Gasteiger partial charge in [0.1, 0.15) is 12.1 Å². The molecule has 0 bridgehead atoms. The molecule has 0 aliphatic heterocycles. The van der Waals surface area contributed by atoms with Gasteiger partial charge in [0.15, 0.2) is 0 Å². The van der Waals surface area contributed by atoms with E-state index in [0.29, 0.717) is 5.82 Å². The average Bonchev–Trinajstić information content (AvgIpc) is 2.52. The van der Waals surface area contributed by atoms with E-state index in [1.54, 1.807) is 6.20 Å². The number of hydrogen-bond donors (Lipinski definition) is 1. The van der Waals surface area contributed by atoms with Gasteiger partial charge in [0, 0.05) is 10.7 Å². The van der Waals surface area contributed by atoms with Crippen molar-refractivity contribution >= 4 is 15.9 Å². The summed E-state index contributed by atoms with van der Waals surface area (Å²) in [6, 6.07) is 1.89. The standard InChI is InChI=1S/C8H7BrN4O/c1-5-2-6(9)3-10-7(5)13-4-11-12-8(13)14/h2-4H,1H3,(H,12,14). The largest absolute Gasteiger partial charge is 0.348 e. The van der Waals surface area contributed by atoms with Crippen molar-refractivity contribution < 1.29 is 0 Å². The van der Waals surface area contributed by atoms with Gasteiger partial charge in [-0.3, -0.25) is 0 Å². The zero-order chi connectivity index (χ0) is 10.1. The summed E-state index contributed by atoms with van der Waals surface area (Å²) < 4.78 is 2.25. The maximum atomic E-state index is 11.2. The van der Waals surface area contributed by atoms with Crippen LogP contribution in [0, 0.1) is 6.92 Å². The molecule has 2 rings (SSSR count). The highest BCUT2D eigenvalue weighted by molar-refractivity contribution is 9.10. The molecule has 0 radical (unpaired) electrons. The Hall–Kier alpha value is -1.43. The lowest BCUT2D eigenvalue weighted by Gasteiger charge is -2.03. The number of aryl methyl sites for hydroxylation is 1. The highest BCUT2D eigenvalue weighted by Gasteiger charge is 2.05. The summed E-state index contributed by atoms with van der Waals surface area (Å²) in [5, 5.41) is 5.95. The molecule has 0 unspecified atom stereocenters. The van der Waals surface area contributed by atoms with Gasteiger partial charge in [-0.1, -0.05) is 0 Å². The van der Waals surface area contributed by atoms with E-state index in [1.165, 1.54) is 10.9 Å². The minimum absolute atomic E-state index is 0.289. The molecular weight excluding hydrogens is 248 g/mol. The fourth-order valence-electron chi connectivity index (χ4n) is 1.18. The number of nitrogens with zero attached hydrogens (tertiary/aromatic N) is 3. The highest BCUT2D eigenvalue weighted by atomic mass is 79.9. The molecule has 2 aromatic heterocycles. The number of nitrogens with one attached hydrogen (secondary N) is 1. The number of aromatic amines is 1. The smallest absolute Gasteiger partial charge is 0.246 e. The summed E-state index contributed by atoms with van der Waals surface area (Å²) in [5.74, 6) is 0.590. The number of H-pyrrole nitrogens is 1. The van der Waals surface area contributed by atoms with Crippen LogP contribution in [0.1, 0.15) is 5.56 Å². The first kappa shape index (κ1) is 9.14. The van der Waals surface area contributed by atoms with Crippen molar-refractivity contribution in [2.75, 3.05) is 0 Å². The van der Waals surface area contributed by atoms with E-state index in [-0.39, 0.29) is 5.69 Å². The molecule has 0 aliphatic carbocycles. The van der Waals surface area contributed by atoms with Crippen LogP contribution in [0.25, 0.3) is 5.82 Å². The maximum absolute atomic E-state index is 11.2. The van der Waals surface area contributed by atoms with Crippen LogP contribution in [0.4, 0.5) is 0 Å². The van der Waals surface area contributed by atoms with Gasteiger partial charge < -0.3 is 0 Å². The Kier molecular flexibility index (Phi) is 2.20. The molecule has 0 amide bonds. The molecule has 2 heterocycles. The molecule has 2 aromatic rings. The van der Waals surface area contributed by atoms with Gasteiger partial charge in [-0.15, -0.1) is 0 Å². The third kappa shape index (κ3) is 1.48. The van der Waals surface area contributed by atoms with E-state index < -0.39 is 0 Å². The van der Waals surface area contributed by atoms with Crippen molar-refractivity contribution in [1.82, 2.24) is 19.7 Å². The third-order valence-corrected chi connectivity index (χ3v) is 2.23. The van der Waals surface area contributed by atoms with Gasteiger partial charge in [0.2, 0.25) is 0 Å². The molecule has 14 heavy (non-hydrogen) atoms. The highest BCUT2D eigenvalue weighted by Crippen LogP contribution is 2.14. The lowest BCUT2D eigenvalue weighted by Crippen LogP contribution is -2.16. The van der Waals surface area contributed by atoms with Gasteiger partial charge in [0.25, 0.3) is 0 Å². The van der Waals surface area contributed by atoms with Gasteiger partial charge in [0.05, 0.1) is 0 Å². The molecule has 1 N–H and O–H groups in total. The van der Waals surface area contributed by atoms with E-state index in [9.17, 15) is 4.79 Å². The second-order valence-electron chi connectivity index (χ2n) is 2.83. The number of rotatable bonds is 1. The molecule has 6 heteroatoms. The monoisotopic (exact) mass is 254 g/mol. The Morgan fingerprint density at radius 2 is 2.36 bits per heavy atom. The van der Waals surface area contributed by atoms with Gasteiger partial charge >= 0.3 is 5.69 Å². The summed E-state index contributed by atoms with van der Waals surface area (Å²) in [6.07, 6.45) is 3.05. The van der Waals surface area contributed by atoms with E-state index >= 15 is 0 Å². The molecule has 0 aromatic carbocycles. The fraction of sp³-hybridized carbons (Fsp3) is 0.125. The van der Waals surface area contributed by atoms with Crippen molar-refractivity contribution in [3.63, 3.8) is 0 Å². The van der Waals surface area contributed by atoms with Crippen LogP contribution in [0.15, 0.2) is 27.9 Å². The lowest BCUT2D eigenvalue weighted by molar-refractivity contribution is 0.925. The van der Waals surface area contributed by atoms with Crippen LogP contribution in [0.2, 0.25) is 0 Å². The Labute approximate surface area is 87.9 Å². The van der Waals surface area contributed by atoms with Gasteiger partial charge in [-0.05, 0) is 34.5 Å². The van der Waals surface area contributed by atoms with Crippen LogP contribution < -0.4 is 5.69 Å². The van der Waals surface area contributed by atoms with E-state index in [1.807, 2.05) is 13.0 Å².